The third-order valence-electron chi connectivity index (χ3n) is 4.41. The zero-order chi connectivity index (χ0) is 18.6. The van der Waals surface area contributed by atoms with Crippen LogP contribution in [0, 0.1) is 0 Å². The molecule has 1 saturated heterocycles. The van der Waals surface area contributed by atoms with Gasteiger partial charge in [-0.15, -0.1) is 11.3 Å². The highest BCUT2D eigenvalue weighted by Crippen LogP contribution is 2.28. The Morgan fingerprint density at radius 2 is 1.93 bits per heavy atom. The number of carbonyl (C=O) groups is 2. The SMILES string of the molecule is O=C(/C=C/c1cccc(-c2cccs2)c1)N1C(=O)OC[C@@H]1c1ccccc1. The summed E-state index contributed by atoms with van der Waals surface area (Å²) < 4.78 is 5.11. The minimum Gasteiger partial charge on any atom is -0.446 e. The molecule has 3 aromatic rings. The molecule has 1 atom stereocenters. The highest BCUT2D eigenvalue weighted by atomic mass is 32.1. The third-order valence-corrected chi connectivity index (χ3v) is 5.32. The monoisotopic (exact) mass is 375 g/mol. The van der Waals surface area contributed by atoms with Gasteiger partial charge in [0.1, 0.15) is 12.6 Å². The van der Waals surface area contributed by atoms with Crippen LogP contribution in [0.2, 0.25) is 0 Å². The Morgan fingerprint density at radius 3 is 2.70 bits per heavy atom. The van der Waals surface area contributed by atoms with Crippen LogP contribution >= 0.6 is 11.3 Å². The van der Waals surface area contributed by atoms with Crippen LogP contribution in [-0.4, -0.2) is 23.5 Å². The van der Waals surface area contributed by atoms with Crippen molar-refractivity contribution in [2.24, 2.45) is 0 Å². The second kappa shape index (κ2) is 7.60. The van der Waals surface area contributed by atoms with Gasteiger partial charge < -0.3 is 4.74 Å². The van der Waals surface area contributed by atoms with Gasteiger partial charge in [-0.25, -0.2) is 9.69 Å². The average Bonchev–Trinajstić information content (AvgIpc) is 3.37. The molecule has 2 aromatic carbocycles. The summed E-state index contributed by atoms with van der Waals surface area (Å²) in [4.78, 5) is 27.1. The highest BCUT2D eigenvalue weighted by molar-refractivity contribution is 7.13. The summed E-state index contributed by atoms with van der Waals surface area (Å²) in [7, 11) is 0. The number of nitrogens with zero attached hydrogens (tertiary/aromatic N) is 1. The molecular weight excluding hydrogens is 358 g/mol. The fourth-order valence-electron chi connectivity index (χ4n) is 3.07. The van der Waals surface area contributed by atoms with Crippen molar-refractivity contribution in [3.63, 3.8) is 0 Å². The van der Waals surface area contributed by atoms with Crippen molar-refractivity contribution in [1.82, 2.24) is 4.90 Å². The molecular formula is C22H17NO3S. The molecule has 0 N–H and O–H groups in total. The standard InChI is InChI=1S/C22H17NO3S/c24-21(23-19(15-26-22(23)25)17-7-2-1-3-8-17)12-11-16-6-4-9-18(14-16)20-10-5-13-27-20/h1-14,19H,15H2/b12-11+/t19-/m1/s1. The minimum atomic E-state index is -0.606. The number of cyclic esters (lactones) is 1. The van der Waals surface area contributed by atoms with Crippen LogP contribution in [-0.2, 0) is 9.53 Å². The molecule has 1 fully saturated rings. The molecule has 0 spiro atoms. The fourth-order valence-corrected chi connectivity index (χ4v) is 3.80. The van der Waals surface area contributed by atoms with Crippen molar-refractivity contribution in [1.29, 1.82) is 0 Å². The lowest BCUT2D eigenvalue weighted by molar-refractivity contribution is -0.124. The Morgan fingerprint density at radius 1 is 1.07 bits per heavy atom. The molecule has 4 rings (SSSR count). The Kier molecular flexibility index (Phi) is 4.85. The molecule has 5 heteroatoms. The van der Waals surface area contributed by atoms with E-state index in [9.17, 15) is 9.59 Å². The molecule has 1 aliphatic rings. The Hall–Kier alpha value is -3.18. The summed E-state index contributed by atoms with van der Waals surface area (Å²) in [5, 5.41) is 2.03. The van der Waals surface area contributed by atoms with E-state index in [1.807, 2.05) is 66.0 Å². The first kappa shape index (κ1) is 17.2. The topological polar surface area (TPSA) is 46.6 Å². The van der Waals surface area contributed by atoms with Crippen LogP contribution in [0.25, 0.3) is 16.5 Å². The second-order valence-electron chi connectivity index (χ2n) is 6.15. The number of hydrogen-bond donors (Lipinski definition) is 0. The van der Waals surface area contributed by atoms with E-state index in [0.717, 1.165) is 16.7 Å². The van der Waals surface area contributed by atoms with E-state index in [1.165, 1.54) is 15.9 Å². The van der Waals surface area contributed by atoms with E-state index in [-0.39, 0.29) is 12.5 Å². The second-order valence-corrected chi connectivity index (χ2v) is 7.10. The lowest BCUT2D eigenvalue weighted by atomic mass is 10.1. The molecule has 4 nitrogen and oxygen atoms in total. The summed E-state index contributed by atoms with van der Waals surface area (Å²) in [6, 6.07) is 21.1. The number of thiophene rings is 1. The van der Waals surface area contributed by atoms with Crippen LogP contribution in [0.3, 0.4) is 0 Å². The molecule has 2 heterocycles. The van der Waals surface area contributed by atoms with Crippen LogP contribution in [0.4, 0.5) is 4.79 Å². The van der Waals surface area contributed by atoms with E-state index in [0.29, 0.717) is 0 Å². The zero-order valence-electron chi connectivity index (χ0n) is 14.4. The van der Waals surface area contributed by atoms with Gasteiger partial charge in [0.05, 0.1) is 0 Å². The van der Waals surface area contributed by atoms with E-state index >= 15 is 0 Å². The van der Waals surface area contributed by atoms with Crippen molar-refractivity contribution in [3.05, 3.63) is 89.3 Å². The number of rotatable bonds is 4. The van der Waals surface area contributed by atoms with Gasteiger partial charge in [0.2, 0.25) is 0 Å². The van der Waals surface area contributed by atoms with Gasteiger partial charge in [-0.2, -0.15) is 0 Å². The molecule has 0 aliphatic carbocycles. The largest absolute Gasteiger partial charge is 0.446 e. The lowest BCUT2D eigenvalue weighted by Gasteiger charge is -2.18. The minimum absolute atomic E-state index is 0.177. The Labute approximate surface area is 161 Å². The maximum atomic E-state index is 12.7. The van der Waals surface area contributed by atoms with Crippen molar-refractivity contribution < 1.29 is 14.3 Å². The van der Waals surface area contributed by atoms with E-state index in [2.05, 4.69) is 6.07 Å². The average molecular weight is 375 g/mol. The van der Waals surface area contributed by atoms with Crippen LogP contribution in [0.1, 0.15) is 17.2 Å². The van der Waals surface area contributed by atoms with Crippen molar-refractivity contribution >= 4 is 29.4 Å². The number of amides is 2. The van der Waals surface area contributed by atoms with Crippen LogP contribution < -0.4 is 0 Å². The Balaban J connectivity index is 1.54. The number of imide groups is 1. The predicted octanol–water partition coefficient (Wildman–Crippen LogP) is 5.15. The molecule has 0 bridgehead atoms. The van der Waals surface area contributed by atoms with Gasteiger partial charge in [-0.05, 0) is 40.3 Å². The fraction of sp³-hybridized carbons (Fsp3) is 0.0909. The van der Waals surface area contributed by atoms with E-state index in [1.54, 1.807) is 17.4 Å². The summed E-state index contributed by atoms with van der Waals surface area (Å²) in [5.41, 5.74) is 2.88. The lowest BCUT2D eigenvalue weighted by Crippen LogP contribution is -2.32. The third kappa shape index (κ3) is 3.68. The maximum Gasteiger partial charge on any atom is 0.417 e. The summed E-state index contributed by atoms with van der Waals surface area (Å²) in [5.74, 6) is -0.382. The number of hydrogen-bond acceptors (Lipinski definition) is 4. The quantitative estimate of drug-likeness (QED) is 0.593. The van der Waals surface area contributed by atoms with E-state index < -0.39 is 12.1 Å². The molecule has 0 radical (unpaired) electrons. The smallest absolute Gasteiger partial charge is 0.417 e. The van der Waals surface area contributed by atoms with Crippen molar-refractivity contribution in [2.75, 3.05) is 6.61 Å². The first-order valence-electron chi connectivity index (χ1n) is 8.59. The highest BCUT2D eigenvalue weighted by Gasteiger charge is 2.37. The van der Waals surface area contributed by atoms with Gasteiger partial charge in [-0.3, -0.25) is 4.79 Å². The maximum absolute atomic E-state index is 12.7. The van der Waals surface area contributed by atoms with Crippen LogP contribution in [0.5, 0.6) is 0 Å². The molecule has 27 heavy (non-hydrogen) atoms. The Bertz CT molecular complexity index is 980. The molecule has 0 saturated carbocycles. The molecule has 134 valence electrons. The summed E-state index contributed by atoms with van der Waals surface area (Å²) >= 11 is 1.67. The number of carbonyl (C=O) groups excluding carboxylic acids is 2. The first-order chi connectivity index (χ1) is 13.2. The first-order valence-corrected chi connectivity index (χ1v) is 9.47. The van der Waals surface area contributed by atoms with Crippen molar-refractivity contribution in [2.45, 2.75) is 6.04 Å². The summed E-state index contributed by atoms with van der Waals surface area (Å²) in [6.45, 7) is 0.177. The normalized spacial score (nSPS) is 16.7. The van der Waals surface area contributed by atoms with Crippen LogP contribution in [0.15, 0.2) is 78.2 Å². The number of ether oxygens (including phenoxy) is 1. The van der Waals surface area contributed by atoms with Crippen molar-refractivity contribution in [3.8, 4) is 10.4 Å². The van der Waals surface area contributed by atoms with E-state index in [4.69, 9.17) is 4.74 Å². The molecule has 1 aromatic heterocycles. The molecule has 0 unspecified atom stereocenters. The van der Waals surface area contributed by atoms with Gasteiger partial charge in [-0.1, -0.05) is 54.6 Å². The van der Waals surface area contributed by atoms with Gasteiger partial charge in [0.15, 0.2) is 0 Å². The van der Waals surface area contributed by atoms with Gasteiger partial charge in [0, 0.05) is 11.0 Å². The molecule has 1 aliphatic heterocycles. The number of benzene rings is 2. The van der Waals surface area contributed by atoms with Gasteiger partial charge in [0.25, 0.3) is 5.91 Å². The molecule has 2 amide bonds. The zero-order valence-corrected chi connectivity index (χ0v) is 15.3. The summed E-state index contributed by atoms with van der Waals surface area (Å²) in [6.07, 6.45) is 2.55. The predicted molar refractivity (Wildman–Crippen MR) is 106 cm³/mol. The van der Waals surface area contributed by atoms with Gasteiger partial charge >= 0.3 is 6.09 Å².